The van der Waals surface area contributed by atoms with Crippen molar-refractivity contribution in [2.75, 3.05) is 33.4 Å². The fraction of sp³-hybridized carbons (Fsp3) is 0.278. The number of ether oxygens (including phenoxy) is 2. The van der Waals surface area contributed by atoms with E-state index in [1.54, 1.807) is 24.3 Å². The number of hydrogen-bond donors (Lipinski definition) is 1. The molecule has 0 aliphatic carbocycles. The van der Waals surface area contributed by atoms with Crippen LogP contribution in [0.4, 0.5) is 5.69 Å². The highest BCUT2D eigenvalue weighted by Gasteiger charge is 2.28. The van der Waals surface area contributed by atoms with Crippen LogP contribution in [-0.4, -0.2) is 57.5 Å². The summed E-state index contributed by atoms with van der Waals surface area (Å²) in [6, 6.07) is 9.53. The molecule has 0 atom stereocenters. The zero-order chi connectivity index (χ0) is 19.4. The first-order chi connectivity index (χ1) is 12.9. The van der Waals surface area contributed by atoms with Gasteiger partial charge in [-0.1, -0.05) is 17.7 Å². The van der Waals surface area contributed by atoms with E-state index in [4.69, 9.17) is 21.1 Å². The fourth-order valence-corrected chi connectivity index (χ4v) is 4.55. The van der Waals surface area contributed by atoms with Gasteiger partial charge in [-0.3, -0.25) is 4.99 Å². The average molecular weight is 411 g/mol. The van der Waals surface area contributed by atoms with Crippen molar-refractivity contribution in [1.29, 1.82) is 0 Å². The third-order valence-electron chi connectivity index (χ3n) is 4.11. The van der Waals surface area contributed by atoms with Gasteiger partial charge in [0.15, 0.2) is 11.5 Å². The maximum Gasteiger partial charge on any atom is 0.244 e. The molecule has 144 valence electrons. The van der Waals surface area contributed by atoms with Gasteiger partial charge in [0.1, 0.15) is 4.90 Å². The number of methoxy groups -OCH3 is 1. The number of para-hydroxylation sites is 1. The lowest BCUT2D eigenvalue weighted by atomic mass is 10.2. The standard InChI is InChI=1S/C18H19ClN2O5S/c1-25-16-4-2-3-13(18(16)22)12-20-14-5-6-15(19)17(11-14)27(23,24)21-7-9-26-10-8-21/h2-6,11-12,22H,7-10H2,1H3. The van der Waals surface area contributed by atoms with Gasteiger partial charge in [-0.15, -0.1) is 0 Å². The van der Waals surface area contributed by atoms with Crippen LogP contribution in [0.5, 0.6) is 11.5 Å². The molecule has 0 unspecified atom stereocenters. The smallest absolute Gasteiger partial charge is 0.244 e. The first-order valence-electron chi connectivity index (χ1n) is 8.21. The van der Waals surface area contributed by atoms with Crippen molar-refractivity contribution in [2.45, 2.75) is 4.90 Å². The Morgan fingerprint density at radius 1 is 1.26 bits per heavy atom. The SMILES string of the molecule is COc1cccc(C=Nc2ccc(Cl)c(S(=O)(=O)N3CCOCC3)c2)c1O. The Bertz CT molecular complexity index is 956. The predicted octanol–water partition coefficient (Wildman–Crippen LogP) is 2.83. The van der Waals surface area contributed by atoms with Crippen molar-refractivity contribution < 1.29 is 23.0 Å². The van der Waals surface area contributed by atoms with Crippen molar-refractivity contribution in [2.24, 2.45) is 4.99 Å². The van der Waals surface area contributed by atoms with Crippen LogP contribution in [0.1, 0.15) is 5.56 Å². The van der Waals surface area contributed by atoms with Gasteiger partial charge in [0.2, 0.25) is 10.0 Å². The van der Waals surface area contributed by atoms with Crippen molar-refractivity contribution in [3.8, 4) is 11.5 Å². The number of rotatable bonds is 5. The molecule has 1 aliphatic heterocycles. The van der Waals surface area contributed by atoms with Crippen LogP contribution in [0, 0.1) is 0 Å². The highest BCUT2D eigenvalue weighted by Crippen LogP contribution is 2.31. The van der Waals surface area contributed by atoms with E-state index in [9.17, 15) is 13.5 Å². The van der Waals surface area contributed by atoms with Gasteiger partial charge < -0.3 is 14.6 Å². The largest absolute Gasteiger partial charge is 0.504 e. The van der Waals surface area contributed by atoms with Crippen LogP contribution in [0.2, 0.25) is 5.02 Å². The summed E-state index contributed by atoms with van der Waals surface area (Å²) >= 11 is 6.14. The minimum absolute atomic E-state index is 0.00409. The molecular formula is C18H19ClN2O5S. The summed E-state index contributed by atoms with van der Waals surface area (Å²) in [6.45, 7) is 1.27. The van der Waals surface area contributed by atoms with Gasteiger partial charge in [0, 0.05) is 24.9 Å². The Balaban J connectivity index is 1.92. The van der Waals surface area contributed by atoms with E-state index >= 15 is 0 Å². The second kappa shape index (κ2) is 8.26. The molecule has 1 aliphatic rings. The van der Waals surface area contributed by atoms with E-state index in [0.717, 1.165) is 0 Å². The summed E-state index contributed by atoms with van der Waals surface area (Å²) in [5.41, 5.74) is 0.843. The molecule has 27 heavy (non-hydrogen) atoms. The number of morpholine rings is 1. The number of sulfonamides is 1. The van der Waals surface area contributed by atoms with Crippen molar-refractivity contribution in [3.63, 3.8) is 0 Å². The molecule has 0 spiro atoms. The first kappa shape index (κ1) is 19.6. The van der Waals surface area contributed by atoms with E-state index in [2.05, 4.69) is 4.99 Å². The lowest BCUT2D eigenvalue weighted by Gasteiger charge is -2.26. The average Bonchev–Trinajstić information content (AvgIpc) is 2.68. The van der Waals surface area contributed by atoms with Crippen molar-refractivity contribution >= 4 is 33.5 Å². The zero-order valence-corrected chi connectivity index (χ0v) is 16.2. The minimum atomic E-state index is -3.74. The number of hydrogen-bond acceptors (Lipinski definition) is 6. The number of nitrogens with zero attached hydrogens (tertiary/aromatic N) is 2. The Labute approximate surface area is 162 Å². The van der Waals surface area contributed by atoms with E-state index in [0.29, 0.717) is 30.2 Å². The van der Waals surface area contributed by atoms with E-state index < -0.39 is 10.0 Å². The number of aromatic hydroxyl groups is 1. The molecule has 0 bridgehead atoms. The number of halogens is 1. The van der Waals surface area contributed by atoms with Crippen LogP contribution in [0.3, 0.4) is 0 Å². The highest BCUT2D eigenvalue weighted by atomic mass is 35.5. The summed E-state index contributed by atoms with van der Waals surface area (Å²) in [5.74, 6) is 0.282. The third-order valence-corrected chi connectivity index (χ3v) is 6.49. The topological polar surface area (TPSA) is 88.4 Å². The molecule has 2 aromatic carbocycles. The molecule has 0 radical (unpaired) electrons. The number of phenols is 1. The van der Waals surface area contributed by atoms with Crippen LogP contribution in [-0.2, 0) is 14.8 Å². The third kappa shape index (κ3) is 4.24. The highest BCUT2D eigenvalue weighted by molar-refractivity contribution is 7.89. The molecule has 0 amide bonds. The second-order valence-corrected chi connectivity index (χ2v) is 8.10. The van der Waals surface area contributed by atoms with Crippen LogP contribution in [0.15, 0.2) is 46.3 Å². The summed E-state index contributed by atoms with van der Waals surface area (Å²) in [5, 5.41) is 10.2. The molecule has 1 fully saturated rings. The zero-order valence-electron chi connectivity index (χ0n) is 14.6. The molecule has 3 rings (SSSR count). The van der Waals surface area contributed by atoms with E-state index in [-0.39, 0.29) is 28.8 Å². The van der Waals surface area contributed by atoms with Gasteiger partial charge in [-0.05, 0) is 30.3 Å². The molecule has 1 N–H and O–H groups in total. The van der Waals surface area contributed by atoms with Gasteiger partial charge in [-0.25, -0.2) is 8.42 Å². The van der Waals surface area contributed by atoms with Gasteiger partial charge in [0.05, 0.1) is 31.0 Å². The Morgan fingerprint density at radius 2 is 2.00 bits per heavy atom. The van der Waals surface area contributed by atoms with E-state index in [1.807, 2.05) is 0 Å². The second-order valence-electron chi connectivity index (χ2n) is 5.79. The molecule has 2 aromatic rings. The number of phenolic OH excluding ortho intramolecular Hbond substituents is 1. The van der Waals surface area contributed by atoms with Gasteiger partial charge in [0.25, 0.3) is 0 Å². The molecular weight excluding hydrogens is 392 g/mol. The molecule has 1 saturated heterocycles. The molecule has 1 heterocycles. The molecule has 0 saturated carbocycles. The van der Waals surface area contributed by atoms with Crippen molar-refractivity contribution in [1.82, 2.24) is 4.31 Å². The summed E-state index contributed by atoms with van der Waals surface area (Å²) in [7, 11) is -2.28. The normalized spacial score (nSPS) is 15.9. The van der Waals surface area contributed by atoms with Crippen LogP contribution < -0.4 is 4.74 Å². The minimum Gasteiger partial charge on any atom is -0.504 e. The van der Waals surface area contributed by atoms with Gasteiger partial charge in [-0.2, -0.15) is 4.31 Å². The Morgan fingerprint density at radius 3 is 2.70 bits per heavy atom. The molecule has 0 aromatic heterocycles. The summed E-state index contributed by atoms with van der Waals surface area (Å²) in [6.07, 6.45) is 1.44. The number of aliphatic imine (C=N–C) groups is 1. The first-order valence-corrected chi connectivity index (χ1v) is 10.0. The maximum atomic E-state index is 12.8. The van der Waals surface area contributed by atoms with Gasteiger partial charge >= 0.3 is 0 Å². The Kier molecular flexibility index (Phi) is 6.01. The quantitative estimate of drug-likeness (QED) is 0.765. The fourth-order valence-electron chi connectivity index (χ4n) is 2.65. The van der Waals surface area contributed by atoms with Crippen LogP contribution in [0.25, 0.3) is 0 Å². The maximum absolute atomic E-state index is 12.8. The Hall–Kier alpha value is -2.13. The lowest BCUT2D eigenvalue weighted by molar-refractivity contribution is 0.0730. The number of benzene rings is 2. The predicted molar refractivity (Wildman–Crippen MR) is 103 cm³/mol. The van der Waals surface area contributed by atoms with Crippen LogP contribution >= 0.6 is 11.6 Å². The monoisotopic (exact) mass is 410 g/mol. The summed E-state index contributed by atoms with van der Waals surface area (Å²) < 4.78 is 37.3. The molecule has 7 nitrogen and oxygen atoms in total. The molecule has 9 heteroatoms. The summed E-state index contributed by atoms with van der Waals surface area (Å²) in [4.78, 5) is 4.26. The lowest BCUT2D eigenvalue weighted by Crippen LogP contribution is -2.40. The van der Waals surface area contributed by atoms with E-state index in [1.165, 1.54) is 29.8 Å². The van der Waals surface area contributed by atoms with Crippen molar-refractivity contribution in [3.05, 3.63) is 47.0 Å².